The fourth-order valence-electron chi connectivity index (χ4n) is 2.68. The van der Waals surface area contributed by atoms with Crippen LogP contribution in [0.4, 0.5) is 0 Å². The Kier molecular flexibility index (Phi) is 9.02. The number of hydrogen-bond donors (Lipinski definition) is 2. The van der Waals surface area contributed by atoms with Crippen molar-refractivity contribution in [2.75, 3.05) is 13.2 Å². The summed E-state index contributed by atoms with van der Waals surface area (Å²) in [5.74, 6) is 0.787. The van der Waals surface area contributed by atoms with Gasteiger partial charge in [0.2, 0.25) is 0 Å². The van der Waals surface area contributed by atoms with Gasteiger partial charge in [-0.05, 0) is 48.6 Å². The molecule has 29 heavy (non-hydrogen) atoms. The van der Waals surface area contributed by atoms with Gasteiger partial charge in [0.25, 0.3) is 11.8 Å². The normalized spacial score (nSPS) is 11.4. The minimum Gasteiger partial charge on any atom is -0.494 e. The van der Waals surface area contributed by atoms with Crippen LogP contribution in [0.25, 0.3) is 0 Å². The van der Waals surface area contributed by atoms with Gasteiger partial charge in [-0.15, -0.1) is 0 Å². The van der Waals surface area contributed by atoms with E-state index in [1.54, 1.807) is 24.3 Å². The van der Waals surface area contributed by atoms with Crippen molar-refractivity contribution in [3.05, 3.63) is 59.7 Å². The van der Waals surface area contributed by atoms with Crippen LogP contribution in [-0.2, 0) is 4.79 Å². The van der Waals surface area contributed by atoms with Crippen LogP contribution in [0.5, 0.6) is 11.5 Å². The maximum Gasteiger partial charge on any atom is 0.276 e. The van der Waals surface area contributed by atoms with Gasteiger partial charge in [0.1, 0.15) is 11.5 Å². The Morgan fingerprint density at radius 2 is 1.79 bits per heavy atom. The number of unbranched alkanes of at least 4 members (excludes halogenated alkanes) is 1. The number of ether oxygens (including phenoxy) is 2. The Morgan fingerprint density at radius 1 is 1.00 bits per heavy atom. The van der Waals surface area contributed by atoms with Gasteiger partial charge in [0.15, 0.2) is 6.61 Å². The number of hydrazine groups is 1. The molecule has 1 unspecified atom stereocenters. The Bertz CT molecular complexity index is 807. The summed E-state index contributed by atoms with van der Waals surface area (Å²) in [6.45, 7) is 6.72. The predicted molar refractivity (Wildman–Crippen MR) is 113 cm³/mol. The molecule has 0 aliphatic heterocycles. The molecule has 0 saturated carbocycles. The summed E-state index contributed by atoms with van der Waals surface area (Å²) in [4.78, 5) is 24.3. The summed E-state index contributed by atoms with van der Waals surface area (Å²) in [6, 6.07) is 14.5. The molecule has 0 aliphatic rings. The lowest BCUT2D eigenvalue weighted by Gasteiger charge is -2.15. The highest BCUT2D eigenvalue weighted by molar-refractivity contribution is 5.95. The third kappa shape index (κ3) is 7.14. The van der Waals surface area contributed by atoms with Crippen molar-refractivity contribution >= 4 is 11.8 Å². The fraction of sp³-hybridized carbons (Fsp3) is 0.391. The van der Waals surface area contributed by atoms with Gasteiger partial charge in [-0.3, -0.25) is 20.4 Å². The third-order valence-electron chi connectivity index (χ3n) is 4.60. The van der Waals surface area contributed by atoms with Crippen LogP contribution in [0.3, 0.4) is 0 Å². The summed E-state index contributed by atoms with van der Waals surface area (Å²) in [5, 5.41) is 0. The van der Waals surface area contributed by atoms with Crippen LogP contribution < -0.4 is 20.3 Å². The highest BCUT2D eigenvalue weighted by Gasteiger charge is 2.12. The van der Waals surface area contributed by atoms with Gasteiger partial charge >= 0.3 is 0 Å². The molecule has 0 bridgehead atoms. The van der Waals surface area contributed by atoms with E-state index in [4.69, 9.17) is 9.47 Å². The van der Waals surface area contributed by atoms with Gasteiger partial charge in [0, 0.05) is 5.56 Å². The van der Waals surface area contributed by atoms with Crippen LogP contribution in [0.15, 0.2) is 48.5 Å². The van der Waals surface area contributed by atoms with E-state index in [9.17, 15) is 9.59 Å². The Labute approximate surface area is 172 Å². The average Bonchev–Trinajstić information content (AvgIpc) is 2.76. The molecule has 0 heterocycles. The van der Waals surface area contributed by atoms with E-state index in [0.29, 0.717) is 29.6 Å². The quantitative estimate of drug-likeness (QED) is 0.464. The first-order valence-electron chi connectivity index (χ1n) is 10.1. The second-order valence-electron chi connectivity index (χ2n) is 6.87. The maximum absolute atomic E-state index is 12.3. The topological polar surface area (TPSA) is 76.7 Å². The average molecular weight is 399 g/mol. The number of carbonyl (C=O) groups excluding carboxylic acids is 2. The van der Waals surface area contributed by atoms with E-state index in [-0.39, 0.29) is 6.61 Å². The summed E-state index contributed by atoms with van der Waals surface area (Å²) < 4.78 is 11.3. The van der Waals surface area contributed by atoms with Crippen molar-refractivity contribution in [2.24, 2.45) is 0 Å². The second kappa shape index (κ2) is 11.7. The molecule has 156 valence electrons. The predicted octanol–water partition coefficient (Wildman–Crippen LogP) is 4.22. The van der Waals surface area contributed by atoms with E-state index >= 15 is 0 Å². The molecule has 2 N–H and O–H groups in total. The number of nitrogens with one attached hydrogen (secondary N) is 2. The number of para-hydroxylation sites is 1. The summed E-state index contributed by atoms with van der Waals surface area (Å²) in [7, 11) is 0. The first-order valence-corrected chi connectivity index (χ1v) is 10.1. The lowest BCUT2D eigenvalue weighted by molar-refractivity contribution is -0.123. The number of rotatable bonds is 10. The first-order chi connectivity index (χ1) is 14.0. The highest BCUT2D eigenvalue weighted by Crippen LogP contribution is 2.28. The molecule has 0 aliphatic carbocycles. The van der Waals surface area contributed by atoms with Crippen LogP contribution in [-0.4, -0.2) is 25.0 Å². The summed E-state index contributed by atoms with van der Waals surface area (Å²) in [6.07, 6.45) is 2.96. The SMILES string of the molecule is CCCCOc1cccc(C(=O)NNC(=O)COc2ccccc2C(C)CC)c1. The van der Waals surface area contributed by atoms with Crippen LogP contribution in [0, 0.1) is 0 Å². The zero-order chi connectivity index (χ0) is 21.1. The third-order valence-corrected chi connectivity index (χ3v) is 4.60. The van der Waals surface area contributed by atoms with Gasteiger partial charge in [-0.2, -0.15) is 0 Å². The molecular weight excluding hydrogens is 368 g/mol. The van der Waals surface area contributed by atoms with Crippen molar-refractivity contribution in [3.63, 3.8) is 0 Å². The fourth-order valence-corrected chi connectivity index (χ4v) is 2.68. The molecule has 6 nitrogen and oxygen atoms in total. The minimum absolute atomic E-state index is 0.187. The van der Waals surface area contributed by atoms with Gasteiger partial charge in [-0.1, -0.05) is 51.5 Å². The lowest BCUT2D eigenvalue weighted by atomic mass is 9.98. The van der Waals surface area contributed by atoms with Crippen molar-refractivity contribution in [1.82, 2.24) is 10.9 Å². The van der Waals surface area contributed by atoms with Crippen molar-refractivity contribution in [3.8, 4) is 11.5 Å². The smallest absolute Gasteiger partial charge is 0.276 e. The lowest BCUT2D eigenvalue weighted by Crippen LogP contribution is -2.43. The van der Waals surface area contributed by atoms with E-state index in [1.807, 2.05) is 24.3 Å². The molecule has 2 aromatic rings. The molecule has 6 heteroatoms. The largest absolute Gasteiger partial charge is 0.494 e. The summed E-state index contributed by atoms with van der Waals surface area (Å²) in [5.41, 5.74) is 6.25. The van der Waals surface area contributed by atoms with Crippen LogP contribution in [0.1, 0.15) is 61.9 Å². The molecule has 0 aromatic heterocycles. The summed E-state index contributed by atoms with van der Waals surface area (Å²) >= 11 is 0. The standard InChI is InChI=1S/C23H30N2O4/c1-4-6-14-28-19-11-9-10-18(15-19)23(27)25-24-22(26)16-29-21-13-8-7-12-20(21)17(3)5-2/h7-13,15,17H,4-6,14,16H2,1-3H3,(H,24,26)(H,25,27). The van der Waals surface area contributed by atoms with Crippen molar-refractivity contribution in [2.45, 2.75) is 46.0 Å². The van der Waals surface area contributed by atoms with E-state index in [1.165, 1.54) is 0 Å². The first kappa shape index (κ1) is 22.3. The number of carbonyl (C=O) groups is 2. The Balaban J connectivity index is 1.84. The van der Waals surface area contributed by atoms with E-state index in [0.717, 1.165) is 24.8 Å². The van der Waals surface area contributed by atoms with Gasteiger partial charge < -0.3 is 9.47 Å². The minimum atomic E-state index is -0.437. The van der Waals surface area contributed by atoms with E-state index < -0.39 is 11.8 Å². The van der Waals surface area contributed by atoms with Gasteiger partial charge in [-0.25, -0.2) is 0 Å². The molecule has 0 radical (unpaired) electrons. The van der Waals surface area contributed by atoms with Gasteiger partial charge in [0.05, 0.1) is 6.61 Å². The number of benzene rings is 2. The number of hydrogen-bond acceptors (Lipinski definition) is 4. The molecule has 0 spiro atoms. The highest BCUT2D eigenvalue weighted by atomic mass is 16.5. The van der Waals surface area contributed by atoms with Crippen LogP contribution >= 0.6 is 0 Å². The molecule has 2 rings (SSSR count). The molecular formula is C23H30N2O4. The molecule has 2 aromatic carbocycles. The molecule has 0 saturated heterocycles. The number of amides is 2. The molecule has 2 amide bonds. The van der Waals surface area contributed by atoms with E-state index in [2.05, 4.69) is 31.6 Å². The van der Waals surface area contributed by atoms with Crippen molar-refractivity contribution in [1.29, 1.82) is 0 Å². The Morgan fingerprint density at radius 3 is 2.55 bits per heavy atom. The van der Waals surface area contributed by atoms with Crippen molar-refractivity contribution < 1.29 is 19.1 Å². The zero-order valence-electron chi connectivity index (χ0n) is 17.4. The molecule has 1 atom stereocenters. The van der Waals surface area contributed by atoms with Crippen LogP contribution in [0.2, 0.25) is 0 Å². The molecule has 0 fully saturated rings. The zero-order valence-corrected chi connectivity index (χ0v) is 17.4. The second-order valence-corrected chi connectivity index (χ2v) is 6.87. The monoisotopic (exact) mass is 398 g/mol. The Hall–Kier alpha value is -3.02. The maximum atomic E-state index is 12.3.